The third-order valence-corrected chi connectivity index (χ3v) is 2.05. The molecule has 1 unspecified atom stereocenters. The molecule has 0 amide bonds. The van der Waals surface area contributed by atoms with E-state index < -0.39 is 0 Å². The van der Waals surface area contributed by atoms with Crippen LogP contribution in [-0.4, -0.2) is 26.4 Å². The Kier molecular flexibility index (Phi) is 6.52. The fraction of sp³-hybridized carbons (Fsp3) is 0.909. The fourth-order valence-corrected chi connectivity index (χ4v) is 1.14. The van der Waals surface area contributed by atoms with Gasteiger partial charge in [0.2, 0.25) is 0 Å². The Bertz CT molecular complexity index is 184. The Labute approximate surface area is 87.0 Å². The quantitative estimate of drug-likeness (QED) is 0.591. The van der Waals surface area contributed by atoms with E-state index in [9.17, 15) is 0 Å². The predicted molar refractivity (Wildman–Crippen MR) is 55.9 cm³/mol. The molecule has 0 aromatic carbocycles. The van der Waals surface area contributed by atoms with E-state index in [0.29, 0.717) is 13.2 Å². The highest BCUT2D eigenvalue weighted by Gasteiger charge is 2.15. The molecule has 0 fully saturated rings. The largest absolute Gasteiger partial charge is 0.382 e. The van der Waals surface area contributed by atoms with Crippen molar-refractivity contribution in [2.75, 3.05) is 20.3 Å². The van der Waals surface area contributed by atoms with Crippen molar-refractivity contribution in [1.82, 2.24) is 0 Å². The van der Waals surface area contributed by atoms with Gasteiger partial charge < -0.3 is 9.47 Å². The van der Waals surface area contributed by atoms with E-state index in [0.717, 1.165) is 12.8 Å². The van der Waals surface area contributed by atoms with Crippen LogP contribution in [0, 0.1) is 16.7 Å². The van der Waals surface area contributed by atoms with Gasteiger partial charge in [-0.3, -0.25) is 0 Å². The summed E-state index contributed by atoms with van der Waals surface area (Å²) in [7, 11) is 1.67. The molecule has 0 aliphatic rings. The molecule has 0 aliphatic carbocycles. The van der Waals surface area contributed by atoms with Gasteiger partial charge in [-0.15, -0.1) is 0 Å². The summed E-state index contributed by atoms with van der Waals surface area (Å²) in [4.78, 5) is 0. The molecule has 14 heavy (non-hydrogen) atoms. The maximum atomic E-state index is 8.78. The minimum Gasteiger partial charge on any atom is -0.382 e. The van der Waals surface area contributed by atoms with Crippen molar-refractivity contribution < 1.29 is 9.47 Å². The summed E-state index contributed by atoms with van der Waals surface area (Å²) in [5.74, 6) is 0. The highest BCUT2D eigenvalue weighted by atomic mass is 16.5. The third kappa shape index (κ3) is 6.88. The summed E-state index contributed by atoms with van der Waals surface area (Å²) in [5.41, 5.74) is -0.228. The molecule has 0 N–H and O–H groups in total. The molecule has 0 spiro atoms. The Morgan fingerprint density at radius 2 is 2.07 bits per heavy atom. The van der Waals surface area contributed by atoms with Crippen LogP contribution in [0.4, 0.5) is 0 Å². The number of methoxy groups -OCH3 is 1. The zero-order chi connectivity index (χ0) is 11.0. The normalized spacial score (nSPS) is 13.6. The Balaban J connectivity index is 3.43. The van der Waals surface area contributed by atoms with Crippen molar-refractivity contribution in [3.63, 3.8) is 0 Å². The van der Waals surface area contributed by atoms with Crippen LogP contribution >= 0.6 is 0 Å². The van der Waals surface area contributed by atoms with E-state index in [1.165, 1.54) is 0 Å². The van der Waals surface area contributed by atoms with Crippen LogP contribution < -0.4 is 0 Å². The van der Waals surface area contributed by atoms with E-state index in [4.69, 9.17) is 14.7 Å². The van der Waals surface area contributed by atoms with Gasteiger partial charge in [0.05, 0.1) is 24.2 Å². The summed E-state index contributed by atoms with van der Waals surface area (Å²) in [5, 5.41) is 8.78. The van der Waals surface area contributed by atoms with E-state index in [-0.39, 0.29) is 11.5 Å². The first kappa shape index (κ1) is 13.4. The third-order valence-electron chi connectivity index (χ3n) is 2.05. The molecule has 0 bridgehead atoms. The van der Waals surface area contributed by atoms with Crippen molar-refractivity contribution in [2.45, 2.75) is 39.7 Å². The van der Waals surface area contributed by atoms with Gasteiger partial charge in [-0.05, 0) is 33.6 Å². The lowest BCUT2D eigenvalue weighted by Gasteiger charge is -2.16. The molecular formula is C11H21NO2. The minimum atomic E-state index is -0.228. The van der Waals surface area contributed by atoms with E-state index in [2.05, 4.69) is 6.07 Å². The van der Waals surface area contributed by atoms with Crippen LogP contribution in [0.3, 0.4) is 0 Å². The molecule has 1 atom stereocenters. The van der Waals surface area contributed by atoms with E-state index >= 15 is 0 Å². The first-order chi connectivity index (χ1) is 6.52. The highest BCUT2D eigenvalue weighted by Crippen LogP contribution is 2.20. The standard InChI is InChI=1S/C11H21NO2/c1-10(8-13-4)14-7-5-6-11(2,3)9-12/h10H,5-8H2,1-4H3. The monoisotopic (exact) mass is 199 g/mol. The summed E-state index contributed by atoms with van der Waals surface area (Å²) >= 11 is 0. The number of ether oxygens (including phenoxy) is 2. The molecule has 0 saturated carbocycles. The first-order valence-corrected chi connectivity index (χ1v) is 5.03. The Hall–Kier alpha value is -0.590. The predicted octanol–water partition coefficient (Wildman–Crippen LogP) is 2.37. The van der Waals surface area contributed by atoms with Crippen LogP contribution in [0.15, 0.2) is 0 Å². The molecule has 0 aromatic heterocycles. The number of hydrogen-bond donors (Lipinski definition) is 0. The summed E-state index contributed by atoms with van der Waals surface area (Å²) in [6, 6.07) is 2.27. The van der Waals surface area contributed by atoms with E-state index in [1.807, 2.05) is 20.8 Å². The van der Waals surface area contributed by atoms with Crippen molar-refractivity contribution in [1.29, 1.82) is 5.26 Å². The average molecular weight is 199 g/mol. The second-order valence-corrected chi connectivity index (χ2v) is 4.24. The molecule has 0 rings (SSSR count). The second kappa shape index (κ2) is 6.80. The molecule has 0 heterocycles. The lowest BCUT2D eigenvalue weighted by Crippen LogP contribution is -2.16. The highest BCUT2D eigenvalue weighted by molar-refractivity contribution is 4.91. The van der Waals surface area contributed by atoms with Crippen LogP contribution in [0.2, 0.25) is 0 Å². The molecule has 0 saturated heterocycles. The number of rotatable bonds is 7. The Morgan fingerprint density at radius 1 is 1.43 bits per heavy atom. The lowest BCUT2D eigenvalue weighted by atomic mass is 9.90. The van der Waals surface area contributed by atoms with Crippen LogP contribution in [0.25, 0.3) is 0 Å². The molecule has 82 valence electrons. The van der Waals surface area contributed by atoms with Gasteiger partial charge in [-0.2, -0.15) is 5.26 Å². The molecule has 0 radical (unpaired) electrons. The topological polar surface area (TPSA) is 42.2 Å². The number of hydrogen-bond acceptors (Lipinski definition) is 3. The lowest BCUT2D eigenvalue weighted by molar-refractivity contribution is 0.00619. The number of nitriles is 1. The summed E-state index contributed by atoms with van der Waals surface area (Å²) in [6.07, 6.45) is 1.95. The summed E-state index contributed by atoms with van der Waals surface area (Å²) in [6.45, 7) is 7.22. The van der Waals surface area contributed by atoms with Gasteiger partial charge >= 0.3 is 0 Å². The van der Waals surface area contributed by atoms with Gasteiger partial charge in [0.15, 0.2) is 0 Å². The zero-order valence-corrected chi connectivity index (χ0v) is 9.67. The van der Waals surface area contributed by atoms with Crippen LogP contribution in [-0.2, 0) is 9.47 Å². The molecule has 0 aliphatic heterocycles. The summed E-state index contributed by atoms with van der Waals surface area (Å²) < 4.78 is 10.4. The maximum Gasteiger partial charge on any atom is 0.0780 e. The Morgan fingerprint density at radius 3 is 2.57 bits per heavy atom. The SMILES string of the molecule is COCC(C)OCCCC(C)(C)C#N. The van der Waals surface area contributed by atoms with Gasteiger partial charge in [-0.25, -0.2) is 0 Å². The van der Waals surface area contributed by atoms with Gasteiger partial charge in [-0.1, -0.05) is 0 Å². The smallest absolute Gasteiger partial charge is 0.0780 e. The molecular weight excluding hydrogens is 178 g/mol. The second-order valence-electron chi connectivity index (χ2n) is 4.24. The van der Waals surface area contributed by atoms with Crippen molar-refractivity contribution in [3.8, 4) is 6.07 Å². The van der Waals surface area contributed by atoms with Crippen LogP contribution in [0.1, 0.15) is 33.6 Å². The van der Waals surface area contributed by atoms with E-state index in [1.54, 1.807) is 7.11 Å². The minimum absolute atomic E-state index is 0.144. The zero-order valence-electron chi connectivity index (χ0n) is 9.67. The van der Waals surface area contributed by atoms with Gasteiger partial charge in [0, 0.05) is 13.7 Å². The molecule has 0 aromatic rings. The van der Waals surface area contributed by atoms with Gasteiger partial charge in [0.1, 0.15) is 0 Å². The molecule has 3 heteroatoms. The van der Waals surface area contributed by atoms with Gasteiger partial charge in [0.25, 0.3) is 0 Å². The fourth-order valence-electron chi connectivity index (χ4n) is 1.14. The first-order valence-electron chi connectivity index (χ1n) is 5.03. The van der Waals surface area contributed by atoms with Crippen molar-refractivity contribution in [2.24, 2.45) is 5.41 Å². The van der Waals surface area contributed by atoms with Crippen molar-refractivity contribution in [3.05, 3.63) is 0 Å². The van der Waals surface area contributed by atoms with Crippen molar-refractivity contribution >= 4 is 0 Å². The van der Waals surface area contributed by atoms with Crippen LogP contribution in [0.5, 0.6) is 0 Å². The average Bonchev–Trinajstić information content (AvgIpc) is 2.13. The maximum absolute atomic E-state index is 8.78. The molecule has 3 nitrogen and oxygen atoms in total. The number of nitrogens with zero attached hydrogens (tertiary/aromatic N) is 1.